The highest BCUT2D eigenvalue weighted by Crippen LogP contribution is 2.31. The second kappa shape index (κ2) is 3.18. The van der Waals surface area contributed by atoms with Crippen molar-refractivity contribution in [2.24, 2.45) is 0 Å². The van der Waals surface area contributed by atoms with E-state index in [-0.39, 0.29) is 9.99 Å². The third-order valence-electron chi connectivity index (χ3n) is 1.42. The summed E-state index contributed by atoms with van der Waals surface area (Å²) in [6.07, 6.45) is 2.01. The Kier molecular flexibility index (Phi) is 2.58. The van der Waals surface area contributed by atoms with E-state index in [1.54, 1.807) is 0 Å². The van der Waals surface area contributed by atoms with Crippen LogP contribution in [0.3, 0.4) is 0 Å². The summed E-state index contributed by atoms with van der Waals surface area (Å²) in [5.74, 6) is 0. The fraction of sp³-hybridized carbons (Fsp3) is 0.500. The molecule has 0 saturated carbocycles. The van der Waals surface area contributed by atoms with Crippen LogP contribution in [-0.2, 0) is 4.79 Å². The van der Waals surface area contributed by atoms with Crippen molar-refractivity contribution in [3.63, 3.8) is 0 Å². The van der Waals surface area contributed by atoms with E-state index in [0.717, 1.165) is 0 Å². The number of thiocarbonyl (C=S) groups is 1. The van der Waals surface area contributed by atoms with Crippen molar-refractivity contribution in [3.05, 3.63) is 11.6 Å². The van der Waals surface area contributed by atoms with Crippen molar-refractivity contribution < 1.29 is 4.79 Å². The first-order valence-electron chi connectivity index (χ1n) is 3.64. The molecule has 1 heterocycles. The van der Waals surface area contributed by atoms with Gasteiger partial charge < -0.3 is 5.32 Å². The molecule has 1 saturated heterocycles. The van der Waals surface area contributed by atoms with Crippen LogP contribution in [0.15, 0.2) is 11.6 Å². The molecular formula is C8H11NOS2. The predicted octanol–water partition coefficient (Wildman–Crippen LogP) is 1.86. The Hall–Kier alpha value is -0.350. The van der Waals surface area contributed by atoms with Crippen LogP contribution in [-0.4, -0.2) is 15.0 Å². The van der Waals surface area contributed by atoms with Gasteiger partial charge in [0.25, 0.3) is 0 Å². The summed E-state index contributed by atoms with van der Waals surface area (Å²) >= 11 is 6.07. The van der Waals surface area contributed by atoms with Crippen LogP contribution in [0.5, 0.6) is 0 Å². The molecule has 4 heteroatoms. The van der Waals surface area contributed by atoms with E-state index in [4.69, 9.17) is 12.2 Å². The van der Waals surface area contributed by atoms with E-state index in [0.29, 0.717) is 4.99 Å². The zero-order chi connectivity index (χ0) is 9.35. The average molecular weight is 201 g/mol. The van der Waals surface area contributed by atoms with Gasteiger partial charge in [-0.2, -0.15) is 0 Å². The molecule has 1 fully saturated rings. The van der Waals surface area contributed by atoms with E-state index in [2.05, 4.69) is 5.32 Å². The van der Waals surface area contributed by atoms with Gasteiger partial charge >= 0.3 is 0 Å². The standard InChI is InChI=1S/C8H11NOS2/c1-5(2)4-8(3)9-6(11)7(10)12-8/h4H,1-3H3,(H,9,11)/t8-/m0/s1. The summed E-state index contributed by atoms with van der Waals surface area (Å²) in [4.78, 5) is 11.1. The molecule has 0 aromatic carbocycles. The van der Waals surface area contributed by atoms with Gasteiger partial charge in [0.1, 0.15) is 4.87 Å². The third kappa shape index (κ3) is 2.08. The maximum Gasteiger partial charge on any atom is 0.248 e. The molecule has 2 nitrogen and oxygen atoms in total. The minimum absolute atomic E-state index is 0.0370. The molecule has 66 valence electrons. The lowest BCUT2D eigenvalue weighted by Crippen LogP contribution is -2.34. The molecule has 12 heavy (non-hydrogen) atoms. The van der Waals surface area contributed by atoms with Crippen LogP contribution in [0, 0.1) is 0 Å². The third-order valence-corrected chi connectivity index (χ3v) is 2.87. The number of carbonyl (C=O) groups is 1. The van der Waals surface area contributed by atoms with Crippen molar-refractivity contribution in [2.45, 2.75) is 25.6 Å². The van der Waals surface area contributed by atoms with Gasteiger partial charge in [-0.3, -0.25) is 4.79 Å². The van der Waals surface area contributed by atoms with E-state index < -0.39 is 0 Å². The lowest BCUT2D eigenvalue weighted by atomic mass is 10.2. The van der Waals surface area contributed by atoms with Gasteiger partial charge in [0, 0.05) is 0 Å². The van der Waals surface area contributed by atoms with Crippen molar-refractivity contribution in [1.82, 2.24) is 5.32 Å². The molecule has 0 amide bonds. The van der Waals surface area contributed by atoms with E-state index in [1.807, 2.05) is 26.8 Å². The molecule has 1 N–H and O–H groups in total. The Balaban J connectivity index is 2.84. The van der Waals surface area contributed by atoms with Crippen LogP contribution in [0.4, 0.5) is 0 Å². The molecule has 1 atom stereocenters. The summed E-state index contributed by atoms with van der Waals surface area (Å²) in [6, 6.07) is 0. The van der Waals surface area contributed by atoms with Gasteiger partial charge in [-0.05, 0) is 32.5 Å². The fourth-order valence-electron chi connectivity index (χ4n) is 1.16. The quantitative estimate of drug-likeness (QED) is 0.518. The average Bonchev–Trinajstić information content (AvgIpc) is 2.04. The Morgan fingerprint density at radius 2 is 2.25 bits per heavy atom. The topological polar surface area (TPSA) is 29.1 Å². The molecule has 0 unspecified atom stereocenters. The minimum atomic E-state index is -0.326. The highest BCUT2D eigenvalue weighted by atomic mass is 32.2. The largest absolute Gasteiger partial charge is 0.355 e. The van der Waals surface area contributed by atoms with Crippen molar-refractivity contribution in [3.8, 4) is 0 Å². The number of allylic oxidation sites excluding steroid dienone is 1. The molecule has 1 aliphatic rings. The van der Waals surface area contributed by atoms with Crippen LogP contribution >= 0.6 is 24.0 Å². The van der Waals surface area contributed by atoms with Gasteiger partial charge in [0.05, 0.1) is 0 Å². The molecule has 0 bridgehead atoms. The summed E-state index contributed by atoms with van der Waals surface area (Å²) in [5.41, 5.74) is 1.18. The second-order valence-corrected chi connectivity index (χ2v) is 5.00. The maximum atomic E-state index is 11.1. The summed E-state index contributed by atoms with van der Waals surface area (Å²) in [7, 11) is 0. The highest BCUT2D eigenvalue weighted by Gasteiger charge is 2.36. The first-order valence-corrected chi connectivity index (χ1v) is 4.87. The maximum absolute atomic E-state index is 11.1. The smallest absolute Gasteiger partial charge is 0.248 e. The molecule has 1 aliphatic heterocycles. The molecule has 0 spiro atoms. The van der Waals surface area contributed by atoms with E-state index in [9.17, 15) is 4.79 Å². The second-order valence-electron chi connectivity index (χ2n) is 3.17. The molecule has 0 aromatic heterocycles. The Labute approximate surface area is 81.8 Å². The van der Waals surface area contributed by atoms with Crippen molar-refractivity contribution in [2.75, 3.05) is 0 Å². The molecule has 1 rings (SSSR count). The lowest BCUT2D eigenvalue weighted by Gasteiger charge is -2.17. The molecular weight excluding hydrogens is 190 g/mol. The number of hydrogen-bond donors (Lipinski definition) is 1. The summed E-state index contributed by atoms with van der Waals surface area (Å²) in [5, 5.41) is 2.94. The van der Waals surface area contributed by atoms with Crippen molar-refractivity contribution >= 4 is 34.1 Å². The first kappa shape index (κ1) is 9.74. The van der Waals surface area contributed by atoms with Gasteiger partial charge in [0.15, 0.2) is 4.99 Å². The summed E-state index contributed by atoms with van der Waals surface area (Å²) in [6.45, 7) is 5.94. The Bertz CT molecular complexity index is 250. The molecule has 0 aromatic rings. The van der Waals surface area contributed by atoms with Gasteiger partial charge in [-0.15, -0.1) is 0 Å². The number of rotatable bonds is 1. The minimum Gasteiger partial charge on any atom is -0.355 e. The van der Waals surface area contributed by atoms with Gasteiger partial charge in [-0.25, -0.2) is 0 Å². The first-order chi connectivity index (χ1) is 5.43. The zero-order valence-electron chi connectivity index (χ0n) is 7.30. The number of nitrogens with one attached hydrogen (secondary N) is 1. The van der Waals surface area contributed by atoms with Crippen LogP contribution in [0.1, 0.15) is 20.8 Å². The predicted molar refractivity (Wildman–Crippen MR) is 56.2 cm³/mol. The Morgan fingerprint density at radius 3 is 2.58 bits per heavy atom. The van der Waals surface area contributed by atoms with E-state index in [1.165, 1.54) is 17.3 Å². The highest BCUT2D eigenvalue weighted by molar-refractivity contribution is 8.19. The van der Waals surface area contributed by atoms with Crippen LogP contribution in [0.2, 0.25) is 0 Å². The zero-order valence-corrected chi connectivity index (χ0v) is 8.94. The van der Waals surface area contributed by atoms with Crippen molar-refractivity contribution in [1.29, 1.82) is 0 Å². The van der Waals surface area contributed by atoms with Crippen LogP contribution in [0.25, 0.3) is 0 Å². The van der Waals surface area contributed by atoms with Crippen LogP contribution < -0.4 is 5.32 Å². The summed E-state index contributed by atoms with van der Waals surface area (Å²) < 4.78 is 0. The molecule has 0 aliphatic carbocycles. The number of carbonyl (C=O) groups excluding carboxylic acids is 1. The normalized spacial score (nSPS) is 28.6. The van der Waals surface area contributed by atoms with Gasteiger partial charge in [-0.1, -0.05) is 23.9 Å². The Morgan fingerprint density at radius 1 is 1.67 bits per heavy atom. The lowest BCUT2D eigenvalue weighted by molar-refractivity contribution is -0.105. The number of hydrogen-bond acceptors (Lipinski definition) is 3. The monoisotopic (exact) mass is 201 g/mol. The van der Waals surface area contributed by atoms with Gasteiger partial charge in [0.2, 0.25) is 5.12 Å². The van der Waals surface area contributed by atoms with E-state index >= 15 is 0 Å². The fourth-order valence-corrected chi connectivity index (χ4v) is 2.54. The number of thioether (sulfide) groups is 1. The SMILES string of the molecule is CC(C)=C[C@@]1(C)NC(=S)C(=O)S1. The molecule has 0 radical (unpaired) electrons.